The number of hydrogen-bond acceptors (Lipinski definition) is 2. The molecule has 1 heterocycles. The third-order valence-corrected chi connectivity index (χ3v) is 3.21. The first-order valence-electron chi connectivity index (χ1n) is 5.85. The highest BCUT2D eigenvalue weighted by atomic mass is 35.5. The van der Waals surface area contributed by atoms with Gasteiger partial charge in [-0.3, -0.25) is 0 Å². The first-order valence-corrected chi connectivity index (χ1v) is 6.38. The highest BCUT2D eigenvalue weighted by molar-refractivity contribution is 6.18. The van der Waals surface area contributed by atoms with Crippen molar-refractivity contribution >= 4 is 22.6 Å². The number of aromatic nitrogens is 2. The highest BCUT2D eigenvalue weighted by Gasteiger charge is 2.02. The zero-order valence-corrected chi connectivity index (χ0v) is 11.1. The molecular weight excluding hydrogens is 234 g/mol. The van der Waals surface area contributed by atoms with Gasteiger partial charge in [-0.25, -0.2) is 4.98 Å². The molecule has 2 aromatic rings. The lowest BCUT2D eigenvalue weighted by molar-refractivity contribution is 0.359. The molecule has 4 heteroatoms. The van der Waals surface area contributed by atoms with Crippen LogP contribution in [0.1, 0.15) is 5.56 Å². The summed E-state index contributed by atoms with van der Waals surface area (Å²) in [4.78, 5) is 6.62. The Morgan fingerprint density at radius 3 is 2.94 bits per heavy atom. The van der Waals surface area contributed by atoms with Gasteiger partial charge in [-0.2, -0.15) is 0 Å². The third kappa shape index (κ3) is 2.99. The number of benzene rings is 1. The minimum atomic E-state index is 0.690. The van der Waals surface area contributed by atoms with Crippen LogP contribution in [0.4, 0.5) is 0 Å². The summed E-state index contributed by atoms with van der Waals surface area (Å²) in [5.74, 6) is 0.690. The predicted molar refractivity (Wildman–Crippen MR) is 72.6 cm³/mol. The lowest BCUT2D eigenvalue weighted by atomic mass is 10.1. The zero-order valence-electron chi connectivity index (χ0n) is 10.4. The van der Waals surface area contributed by atoms with Crippen LogP contribution in [0.25, 0.3) is 11.0 Å². The summed E-state index contributed by atoms with van der Waals surface area (Å²) in [7, 11) is 4.12. The second kappa shape index (κ2) is 5.52. The van der Waals surface area contributed by atoms with Crippen molar-refractivity contribution in [1.82, 2.24) is 14.5 Å². The average Bonchev–Trinajstić information content (AvgIpc) is 2.69. The Bertz CT molecular complexity index is 492. The Hall–Kier alpha value is -1.06. The fraction of sp³-hybridized carbons (Fsp3) is 0.462. The molecule has 0 atom stereocenters. The predicted octanol–water partition coefficient (Wildman–Crippen LogP) is 2.29. The van der Waals surface area contributed by atoms with Crippen molar-refractivity contribution in [3.05, 3.63) is 30.1 Å². The largest absolute Gasteiger partial charge is 0.334 e. The van der Waals surface area contributed by atoms with Crippen LogP contribution in [0.2, 0.25) is 0 Å². The first kappa shape index (κ1) is 12.4. The van der Waals surface area contributed by atoms with Crippen molar-refractivity contribution in [3.63, 3.8) is 0 Å². The SMILES string of the molecule is CN(CCCl)CCc1ccc2c(c1)ncn2C. The number of aryl methyl sites for hydroxylation is 1. The molecule has 0 amide bonds. The first-order chi connectivity index (χ1) is 8.20. The van der Waals surface area contributed by atoms with Gasteiger partial charge in [0.2, 0.25) is 0 Å². The minimum Gasteiger partial charge on any atom is -0.334 e. The Labute approximate surface area is 107 Å². The van der Waals surface area contributed by atoms with E-state index in [1.54, 1.807) is 0 Å². The van der Waals surface area contributed by atoms with Crippen molar-refractivity contribution in [2.45, 2.75) is 6.42 Å². The van der Waals surface area contributed by atoms with E-state index in [1.807, 2.05) is 17.9 Å². The molecule has 2 rings (SSSR count). The van der Waals surface area contributed by atoms with Gasteiger partial charge >= 0.3 is 0 Å². The van der Waals surface area contributed by atoms with Crippen molar-refractivity contribution < 1.29 is 0 Å². The van der Waals surface area contributed by atoms with Gasteiger partial charge in [0, 0.05) is 26.0 Å². The Morgan fingerprint density at radius 2 is 2.18 bits per heavy atom. The molecule has 0 fully saturated rings. The molecule has 0 spiro atoms. The number of alkyl halides is 1. The number of imidazole rings is 1. The standard InChI is InChI=1S/C13H18ClN3/c1-16(8-6-14)7-5-11-3-4-13-12(9-11)15-10-17(13)2/h3-4,9-10H,5-8H2,1-2H3. The lowest BCUT2D eigenvalue weighted by Gasteiger charge is -2.14. The molecule has 0 bridgehead atoms. The Balaban J connectivity index is 2.04. The summed E-state index contributed by atoms with van der Waals surface area (Å²) < 4.78 is 2.04. The maximum Gasteiger partial charge on any atom is 0.0955 e. The number of likely N-dealkylation sites (N-methyl/N-ethyl adjacent to an activating group) is 1. The van der Waals surface area contributed by atoms with Gasteiger partial charge in [0.1, 0.15) is 0 Å². The van der Waals surface area contributed by atoms with Crippen molar-refractivity contribution in [2.75, 3.05) is 26.0 Å². The second-order valence-electron chi connectivity index (χ2n) is 4.42. The molecule has 92 valence electrons. The minimum absolute atomic E-state index is 0.690. The van der Waals surface area contributed by atoms with Crippen LogP contribution in [-0.2, 0) is 13.5 Å². The Morgan fingerprint density at radius 1 is 1.35 bits per heavy atom. The molecule has 0 saturated carbocycles. The second-order valence-corrected chi connectivity index (χ2v) is 4.80. The third-order valence-electron chi connectivity index (χ3n) is 3.04. The average molecular weight is 252 g/mol. The fourth-order valence-electron chi connectivity index (χ4n) is 1.91. The van der Waals surface area contributed by atoms with E-state index in [2.05, 4.69) is 35.1 Å². The fourth-order valence-corrected chi connectivity index (χ4v) is 2.20. The van der Waals surface area contributed by atoms with Crippen LogP contribution >= 0.6 is 11.6 Å². The van der Waals surface area contributed by atoms with Crippen molar-refractivity contribution in [3.8, 4) is 0 Å². The van der Waals surface area contributed by atoms with Gasteiger partial charge in [0.25, 0.3) is 0 Å². The molecule has 1 aromatic carbocycles. The smallest absolute Gasteiger partial charge is 0.0955 e. The number of rotatable bonds is 5. The summed E-state index contributed by atoms with van der Waals surface area (Å²) in [6, 6.07) is 6.49. The van der Waals surface area contributed by atoms with Gasteiger partial charge in [-0.1, -0.05) is 6.07 Å². The maximum atomic E-state index is 5.70. The highest BCUT2D eigenvalue weighted by Crippen LogP contribution is 2.14. The van der Waals surface area contributed by atoms with Gasteiger partial charge in [0.05, 0.1) is 17.4 Å². The topological polar surface area (TPSA) is 21.1 Å². The zero-order chi connectivity index (χ0) is 12.3. The maximum absolute atomic E-state index is 5.70. The van der Waals surface area contributed by atoms with E-state index < -0.39 is 0 Å². The van der Waals surface area contributed by atoms with E-state index in [0.29, 0.717) is 5.88 Å². The van der Waals surface area contributed by atoms with E-state index in [0.717, 1.165) is 25.0 Å². The van der Waals surface area contributed by atoms with Crippen LogP contribution in [0.15, 0.2) is 24.5 Å². The molecule has 3 nitrogen and oxygen atoms in total. The summed E-state index contributed by atoms with van der Waals surface area (Å²) >= 11 is 5.70. The summed E-state index contributed by atoms with van der Waals surface area (Å²) in [5.41, 5.74) is 3.59. The van der Waals surface area contributed by atoms with Crippen LogP contribution < -0.4 is 0 Å². The monoisotopic (exact) mass is 251 g/mol. The molecule has 0 aliphatic carbocycles. The van der Waals surface area contributed by atoms with Gasteiger partial charge in [-0.05, 0) is 31.2 Å². The van der Waals surface area contributed by atoms with Crippen LogP contribution in [-0.4, -0.2) is 40.5 Å². The molecule has 17 heavy (non-hydrogen) atoms. The molecule has 0 aliphatic rings. The van der Waals surface area contributed by atoms with Crippen LogP contribution in [0.3, 0.4) is 0 Å². The van der Waals surface area contributed by atoms with Crippen molar-refractivity contribution in [1.29, 1.82) is 0 Å². The Kier molecular flexibility index (Phi) is 4.02. The van der Waals surface area contributed by atoms with E-state index >= 15 is 0 Å². The van der Waals surface area contributed by atoms with Gasteiger partial charge in [-0.15, -0.1) is 11.6 Å². The summed E-state index contributed by atoms with van der Waals surface area (Å²) in [5, 5.41) is 0. The van der Waals surface area contributed by atoms with Crippen molar-refractivity contribution in [2.24, 2.45) is 7.05 Å². The number of hydrogen-bond donors (Lipinski definition) is 0. The normalized spacial score (nSPS) is 11.5. The van der Waals surface area contributed by atoms with Crippen LogP contribution in [0.5, 0.6) is 0 Å². The van der Waals surface area contributed by atoms with E-state index in [1.165, 1.54) is 11.1 Å². The molecule has 1 aromatic heterocycles. The van der Waals surface area contributed by atoms with Gasteiger partial charge in [0.15, 0.2) is 0 Å². The molecule has 0 radical (unpaired) electrons. The number of nitrogens with zero attached hydrogens (tertiary/aromatic N) is 3. The molecule has 0 unspecified atom stereocenters. The van der Waals surface area contributed by atoms with Gasteiger partial charge < -0.3 is 9.47 Å². The number of halogens is 1. The summed E-state index contributed by atoms with van der Waals surface area (Å²) in [6.07, 6.45) is 2.90. The molecule has 0 aliphatic heterocycles. The quantitative estimate of drug-likeness (QED) is 0.761. The number of fused-ring (bicyclic) bond motifs is 1. The van der Waals surface area contributed by atoms with E-state index in [4.69, 9.17) is 11.6 Å². The van der Waals surface area contributed by atoms with Crippen LogP contribution in [0, 0.1) is 0 Å². The lowest BCUT2D eigenvalue weighted by Crippen LogP contribution is -2.23. The molecular formula is C13H18ClN3. The van der Waals surface area contributed by atoms with E-state index in [-0.39, 0.29) is 0 Å². The molecule has 0 N–H and O–H groups in total. The molecule has 0 saturated heterocycles. The summed E-state index contributed by atoms with van der Waals surface area (Å²) in [6.45, 7) is 1.97. The van der Waals surface area contributed by atoms with E-state index in [9.17, 15) is 0 Å².